The number of hydrogen-bond donors (Lipinski definition) is 2. The second-order valence-corrected chi connectivity index (χ2v) is 9.03. The number of allylic oxidation sites excluding steroid dienone is 2. The van der Waals surface area contributed by atoms with Crippen molar-refractivity contribution in [2.45, 2.75) is 58.9 Å². The van der Waals surface area contributed by atoms with E-state index in [2.05, 4.69) is 46.8 Å². The van der Waals surface area contributed by atoms with E-state index in [4.69, 9.17) is 4.52 Å². The molecule has 2 heterocycles. The van der Waals surface area contributed by atoms with Crippen LogP contribution < -0.4 is 10.6 Å². The molecule has 9 heteroatoms. The SMILES string of the molecule is CCNC(=NCc1cc(C(CC)CC)no1)NCCCN1C(=O)C2C3C=CC(C3)C2C1=O.I. The molecular weight excluding hydrogens is 533 g/mol. The maximum absolute atomic E-state index is 12.8. The minimum atomic E-state index is -0.115. The van der Waals surface area contributed by atoms with Crippen LogP contribution >= 0.6 is 24.0 Å². The molecule has 2 aliphatic carbocycles. The molecule has 1 aliphatic heterocycles. The van der Waals surface area contributed by atoms with Gasteiger partial charge in [0.2, 0.25) is 11.8 Å². The fraction of sp³-hybridized carbons (Fsp3) is 0.667. The van der Waals surface area contributed by atoms with Crippen molar-refractivity contribution in [3.05, 3.63) is 29.7 Å². The number of nitrogens with one attached hydrogen (secondary N) is 2. The molecule has 182 valence electrons. The maximum Gasteiger partial charge on any atom is 0.233 e. The monoisotopic (exact) mass is 569 g/mol. The highest BCUT2D eigenvalue weighted by Crippen LogP contribution is 2.52. The van der Waals surface area contributed by atoms with Gasteiger partial charge in [0.15, 0.2) is 11.7 Å². The first-order valence-electron chi connectivity index (χ1n) is 12.1. The average Bonchev–Trinajstić information content (AvgIpc) is 3.57. The molecule has 0 aromatic carbocycles. The Morgan fingerprint density at radius 1 is 1.15 bits per heavy atom. The van der Waals surface area contributed by atoms with Crippen molar-refractivity contribution in [2.75, 3.05) is 19.6 Å². The highest BCUT2D eigenvalue weighted by molar-refractivity contribution is 14.0. The van der Waals surface area contributed by atoms with Gasteiger partial charge in [-0.15, -0.1) is 24.0 Å². The topological polar surface area (TPSA) is 99.8 Å². The van der Waals surface area contributed by atoms with E-state index in [0.29, 0.717) is 37.9 Å². The smallest absolute Gasteiger partial charge is 0.233 e. The second-order valence-electron chi connectivity index (χ2n) is 9.03. The summed E-state index contributed by atoms with van der Waals surface area (Å²) in [4.78, 5) is 31.6. The molecule has 4 rings (SSSR count). The molecule has 1 aromatic rings. The minimum absolute atomic E-state index is 0. The van der Waals surface area contributed by atoms with E-state index in [1.807, 2.05) is 13.0 Å². The summed E-state index contributed by atoms with van der Waals surface area (Å²) in [6, 6.07) is 1.99. The second kappa shape index (κ2) is 11.5. The number of aromatic nitrogens is 1. The maximum atomic E-state index is 12.8. The van der Waals surface area contributed by atoms with Crippen LogP contribution in [0, 0.1) is 23.7 Å². The number of fused-ring (bicyclic) bond motifs is 5. The summed E-state index contributed by atoms with van der Waals surface area (Å²) in [5.74, 6) is 2.19. The zero-order chi connectivity index (χ0) is 22.7. The van der Waals surface area contributed by atoms with E-state index in [1.54, 1.807) is 0 Å². The fourth-order valence-electron chi connectivity index (χ4n) is 5.43. The van der Waals surface area contributed by atoms with Gasteiger partial charge in [-0.25, -0.2) is 4.99 Å². The molecule has 2 bridgehead atoms. The van der Waals surface area contributed by atoms with Crippen molar-refractivity contribution in [3.8, 4) is 0 Å². The average molecular weight is 569 g/mol. The number of hydrogen-bond acceptors (Lipinski definition) is 5. The molecule has 33 heavy (non-hydrogen) atoms. The van der Waals surface area contributed by atoms with Crippen LogP contribution in [0.15, 0.2) is 27.7 Å². The summed E-state index contributed by atoms with van der Waals surface area (Å²) in [5.41, 5.74) is 0.992. The van der Waals surface area contributed by atoms with Crippen molar-refractivity contribution in [2.24, 2.45) is 28.7 Å². The van der Waals surface area contributed by atoms with Crippen LogP contribution in [0.2, 0.25) is 0 Å². The van der Waals surface area contributed by atoms with Crippen LogP contribution in [0.3, 0.4) is 0 Å². The number of halogens is 1. The van der Waals surface area contributed by atoms with Gasteiger partial charge >= 0.3 is 0 Å². The van der Waals surface area contributed by atoms with E-state index in [-0.39, 0.29) is 59.5 Å². The van der Waals surface area contributed by atoms with Crippen LogP contribution in [-0.2, 0) is 16.1 Å². The van der Waals surface area contributed by atoms with Gasteiger partial charge in [-0.2, -0.15) is 0 Å². The van der Waals surface area contributed by atoms with Crippen molar-refractivity contribution in [1.29, 1.82) is 0 Å². The number of amides is 2. The van der Waals surface area contributed by atoms with Crippen LogP contribution in [0.4, 0.5) is 0 Å². The van der Waals surface area contributed by atoms with Gasteiger partial charge in [-0.3, -0.25) is 14.5 Å². The summed E-state index contributed by atoms with van der Waals surface area (Å²) in [6.45, 7) is 8.55. The molecule has 0 spiro atoms. The lowest BCUT2D eigenvalue weighted by Gasteiger charge is -2.18. The summed E-state index contributed by atoms with van der Waals surface area (Å²) in [6.07, 6.45) is 7.99. The third-order valence-corrected chi connectivity index (χ3v) is 7.13. The molecule has 8 nitrogen and oxygen atoms in total. The molecule has 4 unspecified atom stereocenters. The highest BCUT2D eigenvalue weighted by atomic mass is 127. The number of likely N-dealkylation sites (tertiary alicyclic amines) is 1. The summed E-state index contributed by atoms with van der Waals surface area (Å²) < 4.78 is 5.45. The predicted molar refractivity (Wildman–Crippen MR) is 137 cm³/mol. The van der Waals surface area contributed by atoms with Gasteiger partial charge in [0.25, 0.3) is 0 Å². The Morgan fingerprint density at radius 2 is 1.82 bits per heavy atom. The minimum Gasteiger partial charge on any atom is -0.359 e. The quantitative estimate of drug-likeness (QED) is 0.112. The van der Waals surface area contributed by atoms with Crippen LogP contribution in [0.5, 0.6) is 0 Å². The van der Waals surface area contributed by atoms with E-state index < -0.39 is 0 Å². The van der Waals surface area contributed by atoms with Crippen LogP contribution in [0.25, 0.3) is 0 Å². The lowest BCUT2D eigenvalue weighted by atomic mass is 9.85. The number of carbonyl (C=O) groups is 2. The molecule has 2 amide bonds. The third-order valence-electron chi connectivity index (χ3n) is 7.13. The van der Waals surface area contributed by atoms with Gasteiger partial charge < -0.3 is 15.2 Å². The first kappa shape index (κ1) is 25.7. The number of imide groups is 1. The molecule has 2 fully saturated rings. The summed E-state index contributed by atoms with van der Waals surface area (Å²) >= 11 is 0. The van der Waals surface area contributed by atoms with Gasteiger partial charge in [0.1, 0.15) is 6.54 Å². The Labute approximate surface area is 213 Å². The fourth-order valence-corrected chi connectivity index (χ4v) is 5.43. The first-order chi connectivity index (χ1) is 15.6. The van der Waals surface area contributed by atoms with Crippen molar-refractivity contribution >= 4 is 41.8 Å². The lowest BCUT2D eigenvalue weighted by molar-refractivity contribution is -0.140. The normalized spacial score (nSPS) is 25.7. The number of guanidine groups is 1. The Morgan fingerprint density at radius 3 is 2.42 bits per heavy atom. The standard InChI is InChI=1S/C24H35N5O3.HI/c1-4-15(5-2)19-13-18(32-28-19)14-27-24(25-6-3)26-10-7-11-29-22(30)20-16-8-9-17(12-16)21(20)23(29)31;/h8-9,13,15-17,20-21H,4-7,10-12,14H2,1-3H3,(H2,25,26,27);1H. The van der Waals surface area contributed by atoms with Gasteiger partial charge in [-0.05, 0) is 44.4 Å². The van der Waals surface area contributed by atoms with Gasteiger partial charge in [-0.1, -0.05) is 31.2 Å². The number of rotatable bonds is 10. The number of carbonyl (C=O) groups excluding carboxylic acids is 2. The van der Waals surface area contributed by atoms with E-state index in [0.717, 1.165) is 37.3 Å². The highest BCUT2D eigenvalue weighted by Gasteiger charge is 2.58. The Bertz CT molecular complexity index is 864. The first-order valence-corrected chi connectivity index (χ1v) is 12.1. The molecule has 1 aromatic heterocycles. The number of nitrogens with zero attached hydrogens (tertiary/aromatic N) is 3. The Hall–Kier alpha value is -1.91. The van der Waals surface area contributed by atoms with E-state index in [9.17, 15) is 9.59 Å². The lowest BCUT2D eigenvalue weighted by Crippen LogP contribution is -2.40. The molecule has 2 N–H and O–H groups in total. The van der Waals surface area contributed by atoms with E-state index in [1.165, 1.54) is 4.90 Å². The van der Waals surface area contributed by atoms with Crippen LogP contribution in [0.1, 0.15) is 63.8 Å². The van der Waals surface area contributed by atoms with Crippen molar-refractivity contribution < 1.29 is 14.1 Å². The summed E-state index contributed by atoms with van der Waals surface area (Å²) in [7, 11) is 0. The molecular formula is C24H36IN5O3. The molecule has 4 atom stereocenters. The van der Waals surface area contributed by atoms with Crippen molar-refractivity contribution in [1.82, 2.24) is 20.7 Å². The molecule has 0 radical (unpaired) electrons. The largest absolute Gasteiger partial charge is 0.359 e. The summed E-state index contributed by atoms with van der Waals surface area (Å²) in [5, 5.41) is 10.7. The van der Waals surface area contributed by atoms with Gasteiger partial charge in [0, 0.05) is 31.6 Å². The molecule has 1 saturated carbocycles. The van der Waals surface area contributed by atoms with Gasteiger partial charge in [0.05, 0.1) is 17.5 Å². The van der Waals surface area contributed by atoms with Crippen LogP contribution in [-0.4, -0.2) is 47.5 Å². The third kappa shape index (κ3) is 5.27. The predicted octanol–water partition coefficient (Wildman–Crippen LogP) is 3.45. The van der Waals surface area contributed by atoms with E-state index >= 15 is 0 Å². The Kier molecular flexibility index (Phi) is 8.95. The Balaban J connectivity index is 0.00000306. The molecule has 3 aliphatic rings. The number of aliphatic imine (C=N–C) groups is 1. The molecule has 1 saturated heterocycles. The zero-order valence-corrected chi connectivity index (χ0v) is 22.1. The zero-order valence-electron chi connectivity index (χ0n) is 19.8. The van der Waals surface area contributed by atoms with Crippen molar-refractivity contribution in [3.63, 3.8) is 0 Å².